The summed E-state index contributed by atoms with van der Waals surface area (Å²) in [6.07, 6.45) is 3.14. The lowest BCUT2D eigenvalue weighted by Gasteiger charge is -2.23. The number of pyridine rings is 1. The van der Waals surface area contributed by atoms with E-state index in [2.05, 4.69) is 26.1 Å². The minimum absolute atomic E-state index is 0. The molecule has 90 valence electrons. The Morgan fingerprint density at radius 2 is 2.12 bits per heavy atom. The molecule has 1 rings (SSSR count). The molecule has 0 aliphatic rings. The summed E-state index contributed by atoms with van der Waals surface area (Å²) in [4.78, 5) is 15.3. The molecule has 0 aliphatic carbocycles. The van der Waals surface area contributed by atoms with Crippen molar-refractivity contribution in [1.82, 2.24) is 4.98 Å². The molecular weight excluding hydrogens is 272 g/mol. The van der Waals surface area contributed by atoms with Gasteiger partial charge >= 0.3 is 5.97 Å². The second-order valence-electron chi connectivity index (χ2n) is 4.39. The van der Waals surface area contributed by atoms with Crippen molar-refractivity contribution in [3.05, 3.63) is 30.1 Å². The monoisotopic (exact) mass is 288 g/mol. The first-order chi connectivity index (χ1) is 6.99. The number of carbonyl (C=O) groups excluding carboxylic acids is 1. The van der Waals surface area contributed by atoms with Crippen LogP contribution in [0.1, 0.15) is 10.4 Å². The number of nitrogens with zero attached hydrogens (tertiary/aromatic N) is 2. The minimum Gasteiger partial charge on any atom is -1.00 e. The van der Waals surface area contributed by atoms with Crippen LogP contribution in [0.3, 0.4) is 0 Å². The lowest BCUT2D eigenvalue weighted by Crippen LogP contribution is -3.00. The zero-order valence-electron chi connectivity index (χ0n) is 9.81. The van der Waals surface area contributed by atoms with Gasteiger partial charge in [-0.3, -0.25) is 4.98 Å². The van der Waals surface area contributed by atoms with Crippen LogP contribution in [-0.2, 0) is 4.74 Å². The van der Waals surface area contributed by atoms with Gasteiger partial charge < -0.3 is 26.2 Å². The molecule has 0 aliphatic heterocycles. The first-order valence-corrected chi connectivity index (χ1v) is 4.87. The Morgan fingerprint density at radius 1 is 1.44 bits per heavy atom. The average Bonchev–Trinajstić information content (AvgIpc) is 2.17. The number of halogens is 1. The van der Waals surface area contributed by atoms with Crippen molar-refractivity contribution in [2.24, 2.45) is 0 Å². The summed E-state index contributed by atoms with van der Waals surface area (Å²) in [7, 11) is 6.16. The molecule has 16 heavy (non-hydrogen) atoms. The van der Waals surface area contributed by atoms with Crippen LogP contribution in [0, 0.1) is 0 Å². The second kappa shape index (κ2) is 6.60. The van der Waals surface area contributed by atoms with Gasteiger partial charge in [0.25, 0.3) is 0 Å². The predicted octanol–water partition coefficient (Wildman–Crippen LogP) is -2.05. The highest BCUT2D eigenvalue weighted by Gasteiger charge is 2.10. The quantitative estimate of drug-likeness (QED) is 0.473. The summed E-state index contributed by atoms with van der Waals surface area (Å²) >= 11 is 0. The number of hydrogen-bond acceptors (Lipinski definition) is 3. The molecule has 0 atom stereocenters. The van der Waals surface area contributed by atoms with Crippen LogP contribution in [0.2, 0.25) is 0 Å². The summed E-state index contributed by atoms with van der Waals surface area (Å²) in [5.41, 5.74) is 0.499. The van der Waals surface area contributed by atoms with E-state index in [4.69, 9.17) is 4.74 Å². The van der Waals surface area contributed by atoms with Crippen LogP contribution in [0.4, 0.5) is 0 Å². The number of rotatable bonds is 4. The Kier molecular flexibility index (Phi) is 6.21. The summed E-state index contributed by atoms with van der Waals surface area (Å²) < 4.78 is 5.89. The van der Waals surface area contributed by atoms with Gasteiger partial charge in [0, 0.05) is 12.4 Å². The maximum atomic E-state index is 11.5. The van der Waals surface area contributed by atoms with Crippen molar-refractivity contribution in [2.45, 2.75) is 0 Å². The number of hydrogen-bond donors (Lipinski definition) is 0. The first kappa shape index (κ1) is 15.1. The summed E-state index contributed by atoms with van der Waals surface area (Å²) in [6.45, 7) is 1.23. The molecule has 0 aromatic carbocycles. The van der Waals surface area contributed by atoms with Gasteiger partial charge in [-0.1, -0.05) is 0 Å². The van der Waals surface area contributed by atoms with E-state index in [9.17, 15) is 4.79 Å². The van der Waals surface area contributed by atoms with Gasteiger partial charge in [-0.15, -0.1) is 0 Å². The molecule has 0 spiro atoms. The normalized spacial score (nSPS) is 10.4. The first-order valence-electron chi connectivity index (χ1n) is 4.87. The number of ether oxygens (including phenoxy) is 1. The lowest BCUT2D eigenvalue weighted by atomic mass is 10.3. The lowest BCUT2D eigenvalue weighted by molar-refractivity contribution is -0.870. The molecule has 0 amide bonds. The van der Waals surface area contributed by atoms with Crippen LogP contribution in [0.25, 0.3) is 0 Å². The van der Waals surface area contributed by atoms with E-state index in [1.807, 2.05) is 0 Å². The van der Waals surface area contributed by atoms with Crippen molar-refractivity contribution < 1.29 is 31.0 Å². The fourth-order valence-electron chi connectivity index (χ4n) is 0.979. The van der Waals surface area contributed by atoms with Gasteiger partial charge in [0.1, 0.15) is 13.2 Å². The standard InChI is InChI=1S/C11H17N2O2.BrH/c1-13(2,3)7-8-15-11(14)10-5-4-6-12-9-10;/h4-6,9H,7-8H2,1-3H3;1H/q+1;/p-1. The van der Waals surface area contributed by atoms with Crippen LogP contribution < -0.4 is 17.0 Å². The fraction of sp³-hybridized carbons (Fsp3) is 0.455. The highest BCUT2D eigenvalue weighted by molar-refractivity contribution is 5.88. The predicted molar refractivity (Wildman–Crippen MR) is 57.4 cm³/mol. The highest BCUT2D eigenvalue weighted by atomic mass is 79.9. The van der Waals surface area contributed by atoms with Crippen molar-refractivity contribution in [2.75, 3.05) is 34.3 Å². The van der Waals surface area contributed by atoms with E-state index in [-0.39, 0.29) is 23.0 Å². The van der Waals surface area contributed by atoms with Gasteiger partial charge in [0.2, 0.25) is 0 Å². The summed E-state index contributed by atoms with van der Waals surface area (Å²) in [5, 5.41) is 0. The van der Waals surface area contributed by atoms with Gasteiger partial charge in [-0.2, -0.15) is 0 Å². The average molecular weight is 289 g/mol. The Labute approximate surface area is 107 Å². The van der Waals surface area contributed by atoms with Crippen LogP contribution in [0.5, 0.6) is 0 Å². The summed E-state index contributed by atoms with van der Waals surface area (Å²) in [6, 6.07) is 3.41. The largest absolute Gasteiger partial charge is 1.00 e. The molecule has 4 nitrogen and oxygen atoms in total. The molecule has 1 aromatic rings. The van der Waals surface area contributed by atoms with Gasteiger partial charge in [0.05, 0.1) is 26.7 Å². The molecule has 0 N–H and O–H groups in total. The molecule has 0 bridgehead atoms. The van der Waals surface area contributed by atoms with Crippen molar-refractivity contribution >= 4 is 5.97 Å². The van der Waals surface area contributed by atoms with Gasteiger partial charge in [-0.05, 0) is 12.1 Å². The van der Waals surface area contributed by atoms with Crippen molar-refractivity contribution in [3.63, 3.8) is 0 Å². The molecular formula is C11H17BrN2O2. The Morgan fingerprint density at radius 3 is 2.62 bits per heavy atom. The smallest absolute Gasteiger partial charge is 0.339 e. The maximum absolute atomic E-state index is 11.5. The second-order valence-corrected chi connectivity index (χ2v) is 4.39. The number of likely N-dealkylation sites (N-methyl/N-ethyl adjacent to an activating group) is 1. The molecule has 1 heterocycles. The highest BCUT2D eigenvalue weighted by Crippen LogP contribution is 1.99. The zero-order chi connectivity index (χ0) is 11.3. The molecule has 1 aromatic heterocycles. The molecule has 0 fully saturated rings. The maximum Gasteiger partial charge on any atom is 0.339 e. The number of quaternary nitrogens is 1. The third-order valence-electron chi connectivity index (χ3n) is 1.89. The number of esters is 1. The Bertz CT molecular complexity index is 323. The third-order valence-corrected chi connectivity index (χ3v) is 1.89. The van der Waals surface area contributed by atoms with E-state index in [1.54, 1.807) is 18.3 Å². The fourth-order valence-corrected chi connectivity index (χ4v) is 0.979. The van der Waals surface area contributed by atoms with Crippen LogP contribution in [-0.4, -0.2) is 49.7 Å². The topological polar surface area (TPSA) is 39.2 Å². The zero-order valence-corrected chi connectivity index (χ0v) is 11.4. The number of aromatic nitrogens is 1. The van der Waals surface area contributed by atoms with E-state index < -0.39 is 0 Å². The van der Waals surface area contributed by atoms with E-state index >= 15 is 0 Å². The van der Waals surface area contributed by atoms with E-state index in [0.29, 0.717) is 12.2 Å². The van der Waals surface area contributed by atoms with E-state index in [1.165, 1.54) is 6.20 Å². The van der Waals surface area contributed by atoms with Crippen molar-refractivity contribution in [1.29, 1.82) is 0 Å². The molecule has 0 saturated heterocycles. The summed E-state index contributed by atoms with van der Waals surface area (Å²) in [5.74, 6) is -0.309. The SMILES string of the molecule is C[N+](C)(C)CCOC(=O)c1cccnc1.[Br-]. The minimum atomic E-state index is -0.309. The Hall–Kier alpha value is -0.940. The van der Waals surface area contributed by atoms with Crippen LogP contribution >= 0.6 is 0 Å². The molecule has 0 saturated carbocycles. The van der Waals surface area contributed by atoms with Crippen molar-refractivity contribution in [3.8, 4) is 0 Å². The molecule has 0 unspecified atom stereocenters. The Balaban J connectivity index is 0.00000225. The van der Waals surface area contributed by atoms with Crippen LogP contribution in [0.15, 0.2) is 24.5 Å². The number of carbonyl (C=O) groups is 1. The third kappa shape index (κ3) is 5.82. The van der Waals surface area contributed by atoms with Gasteiger partial charge in [0.15, 0.2) is 0 Å². The van der Waals surface area contributed by atoms with Gasteiger partial charge in [-0.25, -0.2) is 4.79 Å². The van der Waals surface area contributed by atoms with E-state index in [0.717, 1.165) is 11.0 Å². The molecule has 0 radical (unpaired) electrons. The molecule has 5 heteroatoms.